The van der Waals surface area contributed by atoms with Crippen molar-refractivity contribution in [3.63, 3.8) is 0 Å². The predicted molar refractivity (Wildman–Crippen MR) is 90.4 cm³/mol. The van der Waals surface area contributed by atoms with Crippen molar-refractivity contribution in [1.82, 2.24) is 5.32 Å². The van der Waals surface area contributed by atoms with Gasteiger partial charge in [0.15, 0.2) is 6.61 Å². The number of nitrogens with one attached hydrogen (secondary N) is 1. The van der Waals surface area contributed by atoms with Crippen molar-refractivity contribution < 1.29 is 14.6 Å². The minimum absolute atomic E-state index is 0.00150. The smallest absolute Gasteiger partial charge is 0.257 e. The molecule has 2 aromatic rings. The Morgan fingerprint density at radius 3 is 2.48 bits per heavy atom. The van der Waals surface area contributed by atoms with E-state index in [4.69, 9.17) is 4.74 Å². The molecule has 122 valence electrons. The summed E-state index contributed by atoms with van der Waals surface area (Å²) in [6.45, 7) is 2.49. The van der Waals surface area contributed by atoms with E-state index in [0.717, 1.165) is 12.0 Å². The van der Waals surface area contributed by atoms with Crippen LogP contribution in [0, 0.1) is 12.8 Å². The fraction of sp³-hybridized carbons (Fsp3) is 0.316. The molecule has 0 aliphatic heterocycles. The van der Waals surface area contributed by atoms with Crippen LogP contribution in [-0.2, 0) is 11.2 Å². The monoisotopic (exact) mass is 313 g/mol. The molecule has 0 aliphatic carbocycles. The van der Waals surface area contributed by atoms with Gasteiger partial charge in [-0.3, -0.25) is 4.79 Å². The average Bonchev–Trinajstić information content (AvgIpc) is 2.59. The number of para-hydroxylation sites is 1. The lowest BCUT2D eigenvalue weighted by molar-refractivity contribution is -0.123. The van der Waals surface area contributed by atoms with Gasteiger partial charge in [-0.15, -0.1) is 0 Å². The summed E-state index contributed by atoms with van der Waals surface area (Å²) < 4.78 is 5.39. The van der Waals surface area contributed by atoms with Gasteiger partial charge in [-0.2, -0.15) is 0 Å². The Balaban J connectivity index is 1.74. The third kappa shape index (κ3) is 6.12. The van der Waals surface area contributed by atoms with Gasteiger partial charge in [0, 0.05) is 19.1 Å². The summed E-state index contributed by atoms with van der Waals surface area (Å²) in [5, 5.41) is 12.3. The molecule has 4 heteroatoms. The molecule has 0 bridgehead atoms. The van der Waals surface area contributed by atoms with Crippen LogP contribution in [0.5, 0.6) is 5.75 Å². The first-order chi connectivity index (χ1) is 11.2. The van der Waals surface area contributed by atoms with Gasteiger partial charge in [0.2, 0.25) is 0 Å². The largest absolute Gasteiger partial charge is 0.484 e. The topological polar surface area (TPSA) is 58.6 Å². The lowest BCUT2D eigenvalue weighted by Crippen LogP contribution is -2.35. The van der Waals surface area contributed by atoms with Crippen LogP contribution in [0.3, 0.4) is 0 Å². The summed E-state index contributed by atoms with van der Waals surface area (Å²) in [6.07, 6.45) is 0.733. The predicted octanol–water partition coefficient (Wildman–Crippen LogP) is 2.34. The van der Waals surface area contributed by atoms with Crippen molar-refractivity contribution >= 4 is 5.91 Å². The second-order valence-electron chi connectivity index (χ2n) is 5.64. The first kappa shape index (κ1) is 17.0. The van der Waals surface area contributed by atoms with Crippen molar-refractivity contribution in [1.29, 1.82) is 0 Å². The van der Waals surface area contributed by atoms with Gasteiger partial charge < -0.3 is 15.2 Å². The molecule has 0 saturated heterocycles. The summed E-state index contributed by atoms with van der Waals surface area (Å²) in [7, 11) is 0. The van der Waals surface area contributed by atoms with Crippen LogP contribution in [-0.4, -0.2) is 30.8 Å². The summed E-state index contributed by atoms with van der Waals surface area (Å²) in [6, 6.07) is 17.4. The van der Waals surface area contributed by atoms with Gasteiger partial charge in [0.25, 0.3) is 5.91 Å². The summed E-state index contributed by atoms with van der Waals surface area (Å²) >= 11 is 0. The Hall–Kier alpha value is -2.33. The number of ether oxygens (including phenoxy) is 1. The molecular formula is C19H23NO3. The first-order valence-corrected chi connectivity index (χ1v) is 7.78. The zero-order valence-corrected chi connectivity index (χ0v) is 13.4. The molecule has 0 heterocycles. The highest BCUT2D eigenvalue weighted by Crippen LogP contribution is 2.10. The highest BCUT2D eigenvalue weighted by Gasteiger charge is 2.11. The van der Waals surface area contributed by atoms with E-state index in [9.17, 15) is 9.90 Å². The van der Waals surface area contributed by atoms with Crippen LogP contribution in [0.1, 0.15) is 11.1 Å². The first-order valence-electron chi connectivity index (χ1n) is 7.78. The number of amides is 1. The maximum absolute atomic E-state index is 11.8. The SMILES string of the molecule is Cc1ccc(CC(CO)CNC(=O)COc2ccccc2)cc1. The zero-order chi connectivity index (χ0) is 16.5. The number of hydrogen-bond acceptors (Lipinski definition) is 3. The number of hydrogen-bond donors (Lipinski definition) is 2. The van der Waals surface area contributed by atoms with Gasteiger partial charge >= 0.3 is 0 Å². The highest BCUT2D eigenvalue weighted by atomic mass is 16.5. The number of carbonyl (C=O) groups is 1. The fourth-order valence-corrected chi connectivity index (χ4v) is 2.23. The van der Waals surface area contributed by atoms with Gasteiger partial charge in [0.1, 0.15) is 5.75 Å². The minimum Gasteiger partial charge on any atom is -0.484 e. The lowest BCUT2D eigenvalue weighted by atomic mass is 9.99. The van der Waals surface area contributed by atoms with Crippen LogP contribution < -0.4 is 10.1 Å². The second kappa shape index (κ2) is 8.96. The van der Waals surface area contributed by atoms with Gasteiger partial charge in [-0.05, 0) is 31.0 Å². The third-order valence-corrected chi connectivity index (χ3v) is 3.60. The molecule has 0 radical (unpaired) electrons. The van der Waals surface area contributed by atoms with Crippen molar-refractivity contribution in [2.45, 2.75) is 13.3 Å². The van der Waals surface area contributed by atoms with E-state index in [-0.39, 0.29) is 25.0 Å². The molecule has 1 atom stereocenters. The quantitative estimate of drug-likeness (QED) is 0.786. The third-order valence-electron chi connectivity index (χ3n) is 3.60. The lowest BCUT2D eigenvalue weighted by Gasteiger charge is -2.15. The van der Waals surface area contributed by atoms with Gasteiger partial charge in [-0.25, -0.2) is 0 Å². The molecule has 0 saturated carbocycles. The standard InChI is InChI=1S/C19H23NO3/c1-15-7-9-16(10-8-15)11-17(13-21)12-20-19(22)14-23-18-5-3-2-4-6-18/h2-10,17,21H,11-14H2,1H3,(H,20,22). The highest BCUT2D eigenvalue weighted by molar-refractivity contribution is 5.77. The number of benzene rings is 2. The number of aliphatic hydroxyl groups is 1. The number of carbonyl (C=O) groups excluding carboxylic acids is 1. The Kier molecular flexibility index (Phi) is 6.63. The Bertz CT molecular complexity index is 596. The van der Waals surface area contributed by atoms with E-state index in [2.05, 4.69) is 29.6 Å². The van der Waals surface area contributed by atoms with E-state index in [1.165, 1.54) is 5.56 Å². The minimum atomic E-state index is -0.184. The van der Waals surface area contributed by atoms with Crippen molar-refractivity contribution in [3.05, 3.63) is 65.7 Å². The van der Waals surface area contributed by atoms with Gasteiger partial charge in [0.05, 0.1) is 0 Å². The van der Waals surface area contributed by atoms with E-state index in [0.29, 0.717) is 12.3 Å². The summed E-state index contributed by atoms with van der Waals surface area (Å²) in [5.41, 5.74) is 2.37. The molecule has 2 N–H and O–H groups in total. The molecule has 4 nitrogen and oxygen atoms in total. The molecule has 1 unspecified atom stereocenters. The van der Waals surface area contributed by atoms with Gasteiger partial charge in [-0.1, -0.05) is 48.0 Å². The number of aliphatic hydroxyl groups excluding tert-OH is 1. The van der Waals surface area contributed by atoms with Crippen molar-refractivity contribution in [2.75, 3.05) is 19.8 Å². The van der Waals surface area contributed by atoms with Crippen LogP contribution in [0.2, 0.25) is 0 Å². The van der Waals surface area contributed by atoms with E-state index >= 15 is 0 Å². The second-order valence-corrected chi connectivity index (χ2v) is 5.64. The molecular weight excluding hydrogens is 290 g/mol. The fourth-order valence-electron chi connectivity index (χ4n) is 2.23. The maximum Gasteiger partial charge on any atom is 0.257 e. The summed E-state index contributed by atoms with van der Waals surface area (Å²) in [5.74, 6) is 0.482. The Morgan fingerprint density at radius 2 is 1.83 bits per heavy atom. The van der Waals surface area contributed by atoms with Crippen molar-refractivity contribution in [3.8, 4) is 5.75 Å². The molecule has 2 rings (SSSR count). The number of rotatable bonds is 8. The molecule has 0 aromatic heterocycles. The van der Waals surface area contributed by atoms with E-state index in [1.807, 2.05) is 25.1 Å². The van der Waals surface area contributed by atoms with Crippen molar-refractivity contribution in [2.24, 2.45) is 5.92 Å². The van der Waals surface area contributed by atoms with Crippen LogP contribution >= 0.6 is 0 Å². The normalized spacial score (nSPS) is 11.7. The molecule has 23 heavy (non-hydrogen) atoms. The molecule has 0 spiro atoms. The van der Waals surface area contributed by atoms with E-state index < -0.39 is 0 Å². The molecule has 0 fully saturated rings. The van der Waals surface area contributed by atoms with Crippen LogP contribution in [0.4, 0.5) is 0 Å². The van der Waals surface area contributed by atoms with E-state index in [1.54, 1.807) is 12.1 Å². The molecule has 0 aliphatic rings. The Labute approximate surface area is 137 Å². The van der Waals surface area contributed by atoms with Crippen LogP contribution in [0.15, 0.2) is 54.6 Å². The maximum atomic E-state index is 11.8. The molecule has 1 amide bonds. The Morgan fingerprint density at radius 1 is 1.13 bits per heavy atom. The number of aryl methyl sites for hydroxylation is 1. The average molecular weight is 313 g/mol. The zero-order valence-electron chi connectivity index (χ0n) is 13.4. The summed E-state index contributed by atoms with van der Waals surface area (Å²) in [4.78, 5) is 11.8. The molecule has 2 aromatic carbocycles. The van der Waals surface area contributed by atoms with Crippen LogP contribution in [0.25, 0.3) is 0 Å².